The zero-order chi connectivity index (χ0) is 88.3. The maximum Gasteiger partial charge on any atom is 0.306 e. The van der Waals surface area contributed by atoms with Gasteiger partial charge in [0.2, 0.25) is 65.0 Å². The highest BCUT2D eigenvalue weighted by molar-refractivity contribution is 6.01. The number of amides is 11. The number of nitrogens with zero attached hydrogens (tertiary/aromatic N) is 3. The van der Waals surface area contributed by atoms with Crippen LogP contribution >= 0.6 is 0 Å². The number of Topliss-reactive ketones (excluding diaryl/α,β-unsaturated/α-hetero) is 3. The van der Waals surface area contributed by atoms with E-state index in [0.717, 1.165) is 0 Å². The first-order valence-electron chi connectivity index (χ1n) is 41.3. The molecule has 0 bridgehead atoms. The number of likely N-dealkylation sites (tertiary alicyclic amines) is 2. The Morgan fingerprint density at radius 1 is 0.521 bits per heavy atom. The lowest BCUT2D eigenvalue weighted by Gasteiger charge is -2.32. The molecule has 2 aromatic carbocycles. The minimum atomic E-state index is -1.92. The third-order valence-corrected chi connectivity index (χ3v) is 21.6. The van der Waals surface area contributed by atoms with E-state index < -0.39 is 198 Å². The summed E-state index contributed by atoms with van der Waals surface area (Å²) in [4.78, 5) is 231. The van der Waals surface area contributed by atoms with E-state index in [-0.39, 0.29) is 189 Å². The van der Waals surface area contributed by atoms with Crippen molar-refractivity contribution in [1.29, 1.82) is 5.41 Å². The molecular weight excluding hydrogens is 1540 g/mol. The van der Waals surface area contributed by atoms with E-state index in [0.29, 0.717) is 30.4 Å². The number of carboxylic acids is 2. The number of primary amides is 1. The minimum Gasteiger partial charge on any atom is -0.508 e. The van der Waals surface area contributed by atoms with Gasteiger partial charge in [-0.1, -0.05) is 78.6 Å². The number of phenols is 2. The van der Waals surface area contributed by atoms with E-state index in [1.807, 2.05) is 20.8 Å². The maximum absolute atomic E-state index is 15.2. The van der Waals surface area contributed by atoms with Gasteiger partial charge in [-0.3, -0.25) is 87.1 Å². The fourth-order valence-corrected chi connectivity index (χ4v) is 15.0. The number of guanidine groups is 1. The zero-order valence-corrected chi connectivity index (χ0v) is 69.1. The lowest BCUT2D eigenvalue weighted by atomic mass is 9.85. The third kappa shape index (κ3) is 33.3. The van der Waals surface area contributed by atoms with Gasteiger partial charge in [-0.05, 0) is 162 Å². The number of unbranched alkanes of at least 4 members (excludes halogenated alkanes) is 2. The molecule has 1 saturated carbocycles. The summed E-state index contributed by atoms with van der Waals surface area (Å²) in [6.45, 7) is 10.9. The van der Waals surface area contributed by atoms with Crippen molar-refractivity contribution < 1.29 is 97.1 Å². The van der Waals surface area contributed by atoms with Crippen molar-refractivity contribution in [2.75, 3.05) is 26.2 Å². The smallest absolute Gasteiger partial charge is 0.306 e. The van der Waals surface area contributed by atoms with E-state index in [1.54, 1.807) is 32.9 Å². The number of carboxylic acid groups (broad SMARTS) is 2. The van der Waals surface area contributed by atoms with Crippen LogP contribution in [0.15, 0.2) is 53.5 Å². The first-order valence-corrected chi connectivity index (χ1v) is 41.3. The summed E-state index contributed by atoms with van der Waals surface area (Å²) in [6, 6.07) is -2.98. The van der Waals surface area contributed by atoms with Crippen LogP contribution in [0.3, 0.4) is 0 Å². The second-order valence-corrected chi connectivity index (χ2v) is 32.3. The minimum absolute atomic E-state index is 0.0145. The van der Waals surface area contributed by atoms with Gasteiger partial charge < -0.3 is 101 Å². The summed E-state index contributed by atoms with van der Waals surface area (Å²) in [5.41, 5.74) is 29.5. The van der Waals surface area contributed by atoms with Crippen molar-refractivity contribution in [3.05, 3.63) is 59.7 Å². The van der Waals surface area contributed by atoms with Gasteiger partial charge in [0.05, 0.1) is 30.3 Å². The average Bonchev–Trinajstić information content (AvgIpc) is 1.75. The molecule has 658 valence electrons. The maximum atomic E-state index is 15.2. The predicted octanol–water partition coefficient (Wildman–Crippen LogP) is 0.905. The molecule has 3 fully saturated rings. The number of nitrogens with two attached hydrogens (primary N) is 5. The fourth-order valence-electron chi connectivity index (χ4n) is 15.0. The van der Waals surface area contributed by atoms with Crippen LogP contribution in [-0.2, 0) is 89.6 Å². The normalized spacial score (nSPS) is 17.9. The van der Waals surface area contributed by atoms with Crippen molar-refractivity contribution in [3.63, 3.8) is 0 Å². The highest BCUT2D eigenvalue weighted by Crippen LogP contribution is 2.29. The van der Waals surface area contributed by atoms with Crippen molar-refractivity contribution >= 4 is 106 Å². The molecule has 14 unspecified atom stereocenters. The van der Waals surface area contributed by atoms with Gasteiger partial charge in [-0.2, -0.15) is 0 Å². The summed E-state index contributed by atoms with van der Waals surface area (Å²) in [7, 11) is 0. The largest absolute Gasteiger partial charge is 0.508 e. The van der Waals surface area contributed by atoms with Crippen molar-refractivity contribution in [3.8, 4) is 11.5 Å². The van der Waals surface area contributed by atoms with Gasteiger partial charge in [-0.25, -0.2) is 0 Å². The van der Waals surface area contributed by atoms with Crippen LogP contribution in [0.4, 0.5) is 0 Å². The number of amidine groups is 1. The van der Waals surface area contributed by atoms with E-state index in [4.69, 9.17) is 34.1 Å². The van der Waals surface area contributed by atoms with Gasteiger partial charge >= 0.3 is 11.9 Å². The van der Waals surface area contributed by atoms with Crippen molar-refractivity contribution in [1.82, 2.24) is 52.3 Å². The van der Waals surface area contributed by atoms with E-state index in [1.165, 1.54) is 46.2 Å². The average molecular weight is 1670 g/mol. The molecule has 2 heterocycles. The molecule has 2 saturated heterocycles. The van der Waals surface area contributed by atoms with Gasteiger partial charge in [0.1, 0.15) is 65.6 Å². The number of carbonyl (C=O) groups is 16. The van der Waals surface area contributed by atoms with Crippen molar-refractivity contribution in [2.24, 2.45) is 69.2 Å². The standard InChI is InChI=1S/C82H125N17O20/c1-7-47(6)70(66(104)43-52(81(118)119)37-45(2)3)97-72(109)51(39-48-21-26-53(100)27-22-48)42-65(103)63-18-13-35-98(63)79(116)59(17-12-34-89-82(87)88)92-73(110)56(15-8-9-20-67(84)85)91-78(115)64-19-14-36-99(64)80(117)58(16-10-11-33-83)93-77(114)62(44-68(86)105)96-74(111)57(31-32-69(106)107)90-76(113)61(40-49-23-28-54(101)29-24-49)95-75(112)60(38-46(4)5)94-71(108)50-25-30-55(102)41-50/h21-24,26-29,45-47,50-52,56-64,70,100-101H,7-20,25,30-44,83H2,1-6H3,(H3,84,85)(H2,86,105)(H,90,113)(H,91,115)(H,92,110)(H,93,114)(H,94,108)(H,95,112)(H,96,111)(H,97,109)(H,106,107)(H,118,119)(H4,87,88,89). The van der Waals surface area contributed by atoms with Crippen LogP contribution in [0, 0.1) is 40.9 Å². The topological polar surface area (TPSA) is 623 Å². The molecule has 37 heteroatoms. The first-order chi connectivity index (χ1) is 56.3. The Kier molecular flexibility index (Phi) is 40.8. The summed E-state index contributed by atoms with van der Waals surface area (Å²) in [5, 5.41) is 69.2. The molecule has 23 N–H and O–H groups in total. The molecule has 37 nitrogen and oxygen atoms in total. The molecule has 3 aliphatic rings. The number of rotatable bonds is 53. The number of aliphatic imine (C=N–C) groups is 1. The van der Waals surface area contributed by atoms with Gasteiger partial charge in [0.15, 0.2) is 17.5 Å². The first kappa shape index (κ1) is 98.4. The quantitative estimate of drug-likeness (QED) is 0.0249. The van der Waals surface area contributed by atoms with Gasteiger partial charge in [-0.15, -0.1) is 0 Å². The number of benzene rings is 2. The number of nitrogens with one attached hydrogen (secondary N) is 9. The Hall–Kier alpha value is -11.1. The fraction of sp³-hybridized carbons (Fsp3) is 0.634. The molecule has 119 heavy (non-hydrogen) atoms. The SMILES string of the molecule is CCC(C)C(NC(=O)C(CC(=O)C1CCCN1C(=O)C(CCCN=C(N)N)NC(=O)C(CCCCC(=N)N)NC(=O)C1CCCN1C(=O)C(CCCCN)NC(=O)C(CC(N)=O)NC(=O)C(CCC(=O)O)NC(=O)C(Cc1ccc(O)cc1)NC(=O)C(CC(C)C)NC(=O)C1CCC(=O)C1)Cc1ccc(O)cc1)C(=O)CC(CC(C)C)C(=O)O. The molecule has 0 aromatic heterocycles. The molecule has 2 aromatic rings. The summed E-state index contributed by atoms with van der Waals surface area (Å²) in [5.74, 6) is -17.7. The van der Waals surface area contributed by atoms with E-state index in [2.05, 4.69) is 47.5 Å². The highest BCUT2D eigenvalue weighted by Gasteiger charge is 2.44. The Morgan fingerprint density at radius 2 is 1.02 bits per heavy atom. The second-order valence-electron chi connectivity index (χ2n) is 32.3. The van der Waals surface area contributed by atoms with Crippen LogP contribution in [0.2, 0.25) is 0 Å². The predicted molar refractivity (Wildman–Crippen MR) is 437 cm³/mol. The van der Waals surface area contributed by atoms with Crippen LogP contribution in [0.1, 0.15) is 207 Å². The molecule has 2 aliphatic heterocycles. The molecule has 0 spiro atoms. The van der Waals surface area contributed by atoms with Crippen molar-refractivity contribution in [2.45, 2.75) is 269 Å². The van der Waals surface area contributed by atoms with Crippen LogP contribution in [0.25, 0.3) is 0 Å². The second kappa shape index (κ2) is 49.3. The Balaban J connectivity index is 1.41. The molecule has 11 amide bonds. The number of aliphatic carboxylic acids is 2. The van der Waals surface area contributed by atoms with Gasteiger partial charge in [0.25, 0.3) is 0 Å². The number of hydrogen-bond donors (Lipinski definition) is 18. The van der Waals surface area contributed by atoms with Crippen LogP contribution < -0.4 is 71.2 Å². The number of phenolic OH excluding ortho intramolecular Hbond substituents is 2. The van der Waals surface area contributed by atoms with E-state index >= 15 is 14.4 Å². The molecule has 1 aliphatic carbocycles. The zero-order valence-electron chi connectivity index (χ0n) is 69.1. The lowest BCUT2D eigenvalue weighted by molar-refractivity contribution is -0.145. The third-order valence-electron chi connectivity index (χ3n) is 21.6. The summed E-state index contributed by atoms with van der Waals surface area (Å²) in [6.07, 6.45) is -0.770. The monoisotopic (exact) mass is 1670 g/mol. The molecule has 14 atom stereocenters. The lowest BCUT2D eigenvalue weighted by Crippen LogP contribution is -2.61. The molecule has 0 radical (unpaired) electrons. The number of carbonyl (C=O) groups excluding carboxylic acids is 14. The molecular formula is C82H125N17O20. The summed E-state index contributed by atoms with van der Waals surface area (Å²) < 4.78 is 0. The molecule has 5 rings (SSSR count). The Labute approximate surface area is 693 Å². The Morgan fingerprint density at radius 3 is 1.55 bits per heavy atom. The van der Waals surface area contributed by atoms with Crippen LogP contribution in [-0.4, -0.2) is 223 Å². The number of aromatic hydroxyl groups is 2. The van der Waals surface area contributed by atoms with Gasteiger partial charge in [0, 0.05) is 76.4 Å². The van der Waals surface area contributed by atoms with E-state index in [9.17, 15) is 82.8 Å². The summed E-state index contributed by atoms with van der Waals surface area (Å²) >= 11 is 0. The number of hydrogen-bond acceptors (Lipinski definition) is 21. The highest BCUT2D eigenvalue weighted by atomic mass is 16.4. The Bertz CT molecular complexity index is 3890. The number of ketones is 3. The van der Waals surface area contributed by atoms with Crippen LogP contribution in [0.5, 0.6) is 11.5 Å².